The molecule has 0 bridgehead atoms. The maximum atomic E-state index is 6.40. The molecule has 1 aromatic carbocycles. The van der Waals surface area contributed by atoms with Gasteiger partial charge in [-0.25, -0.2) is 0 Å². The summed E-state index contributed by atoms with van der Waals surface area (Å²) < 4.78 is 5.62. The van der Waals surface area contributed by atoms with E-state index < -0.39 is 0 Å². The molecule has 3 atom stereocenters. The highest BCUT2D eigenvalue weighted by Crippen LogP contribution is 2.24. The average Bonchev–Trinajstić information content (AvgIpc) is 2.49. The molecule has 2 rings (SSSR count). The normalized spacial score (nSPS) is 24.8. The first kappa shape index (κ1) is 16.3. The predicted molar refractivity (Wildman–Crippen MR) is 88.6 cm³/mol. The van der Waals surface area contributed by atoms with Crippen LogP contribution < -0.4 is 10.5 Å². The van der Waals surface area contributed by atoms with Crippen LogP contribution in [-0.2, 0) is 0 Å². The minimum atomic E-state index is 0.0815. The number of nitrogens with zero attached hydrogens (tertiary/aromatic N) is 1. The highest BCUT2D eigenvalue weighted by atomic mass is 16.5. The Hall–Kier alpha value is -1.06. The van der Waals surface area contributed by atoms with E-state index in [-0.39, 0.29) is 6.04 Å². The number of nitrogens with two attached hydrogens (primary N) is 1. The van der Waals surface area contributed by atoms with E-state index in [4.69, 9.17) is 10.5 Å². The molecule has 0 aliphatic carbocycles. The van der Waals surface area contributed by atoms with Crippen LogP contribution in [0.1, 0.15) is 51.6 Å². The van der Waals surface area contributed by atoms with Gasteiger partial charge < -0.3 is 10.5 Å². The molecule has 0 amide bonds. The Morgan fingerprint density at radius 1 is 1.24 bits per heavy atom. The van der Waals surface area contributed by atoms with Crippen LogP contribution in [0.25, 0.3) is 0 Å². The van der Waals surface area contributed by atoms with Crippen molar-refractivity contribution in [1.82, 2.24) is 4.90 Å². The number of ether oxygens (including phenoxy) is 1. The van der Waals surface area contributed by atoms with Gasteiger partial charge in [-0.1, -0.05) is 26.0 Å². The molecule has 0 saturated carbocycles. The van der Waals surface area contributed by atoms with Crippen molar-refractivity contribution in [1.29, 1.82) is 0 Å². The standard InChI is InChI=1S/C18H30N2O/c1-4-11-21-17-9-7-16(8-10-17)18(19)13-20-12-14(2)5-6-15(20)3/h7-10,14-15,18H,4-6,11-13,19H2,1-3H3. The summed E-state index contributed by atoms with van der Waals surface area (Å²) >= 11 is 0. The van der Waals surface area contributed by atoms with Crippen LogP contribution in [0, 0.1) is 5.92 Å². The number of likely N-dealkylation sites (tertiary alicyclic amines) is 1. The minimum absolute atomic E-state index is 0.0815. The van der Waals surface area contributed by atoms with Gasteiger partial charge in [-0.2, -0.15) is 0 Å². The van der Waals surface area contributed by atoms with Gasteiger partial charge in [0.1, 0.15) is 5.75 Å². The van der Waals surface area contributed by atoms with Gasteiger partial charge in [-0.15, -0.1) is 0 Å². The molecule has 1 fully saturated rings. The van der Waals surface area contributed by atoms with E-state index in [0.29, 0.717) is 6.04 Å². The van der Waals surface area contributed by atoms with Gasteiger partial charge in [-0.3, -0.25) is 4.90 Å². The fourth-order valence-corrected chi connectivity index (χ4v) is 3.02. The molecule has 2 N–H and O–H groups in total. The highest BCUT2D eigenvalue weighted by molar-refractivity contribution is 5.29. The highest BCUT2D eigenvalue weighted by Gasteiger charge is 2.24. The summed E-state index contributed by atoms with van der Waals surface area (Å²) in [7, 11) is 0. The van der Waals surface area contributed by atoms with Crippen LogP contribution in [0.15, 0.2) is 24.3 Å². The van der Waals surface area contributed by atoms with Crippen LogP contribution in [0.4, 0.5) is 0 Å². The maximum Gasteiger partial charge on any atom is 0.119 e. The van der Waals surface area contributed by atoms with E-state index in [9.17, 15) is 0 Å². The van der Waals surface area contributed by atoms with Crippen LogP contribution in [0.3, 0.4) is 0 Å². The van der Waals surface area contributed by atoms with Gasteiger partial charge in [0.05, 0.1) is 6.61 Å². The summed E-state index contributed by atoms with van der Waals surface area (Å²) in [6.45, 7) is 9.66. The second kappa shape index (κ2) is 7.81. The van der Waals surface area contributed by atoms with Crippen LogP contribution in [0.2, 0.25) is 0 Å². The lowest BCUT2D eigenvalue weighted by Gasteiger charge is -2.38. The first-order valence-electron chi connectivity index (χ1n) is 8.32. The van der Waals surface area contributed by atoms with Crippen LogP contribution in [0.5, 0.6) is 5.75 Å². The molecule has 0 spiro atoms. The van der Waals surface area contributed by atoms with Gasteiger partial charge in [0, 0.05) is 25.2 Å². The molecular weight excluding hydrogens is 260 g/mol. The lowest BCUT2D eigenvalue weighted by atomic mass is 9.94. The zero-order valence-corrected chi connectivity index (χ0v) is 13.7. The van der Waals surface area contributed by atoms with Crippen molar-refractivity contribution in [3.05, 3.63) is 29.8 Å². The molecule has 3 unspecified atom stereocenters. The summed E-state index contributed by atoms with van der Waals surface area (Å²) in [5, 5.41) is 0. The van der Waals surface area contributed by atoms with Crippen molar-refractivity contribution in [2.45, 2.75) is 52.1 Å². The number of piperidine rings is 1. The van der Waals surface area contributed by atoms with Gasteiger partial charge in [0.15, 0.2) is 0 Å². The van der Waals surface area contributed by atoms with E-state index >= 15 is 0 Å². The minimum Gasteiger partial charge on any atom is -0.494 e. The Kier molecular flexibility index (Phi) is 6.07. The third-order valence-corrected chi connectivity index (χ3v) is 4.46. The summed E-state index contributed by atoms with van der Waals surface area (Å²) in [5.74, 6) is 1.73. The van der Waals surface area contributed by atoms with E-state index in [1.54, 1.807) is 0 Å². The summed E-state index contributed by atoms with van der Waals surface area (Å²) in [5.41, 5.74) is 7.60. The van der Waals surface area contributed by atoms with Crippen LogP contribution in [-0.4, -0.2) is 30.6 Å². The fourth-order valence-electron chi connectivity index (χ4n) is 3.02. The van der Waals surface area contributed by atoms with Gasteiger partial charge in [0.2, 0.25) is 0 Å². The number of rotatable bonds is 6. The number of benzene rings is 1. The lowest BCUT2D eigenvalue weighted by molar-refractivity contribution is 0.117. The van der Waals surface area contributed by atoms with Crippen molar-refractivity contribution in [3.8, 4) is 5.75 Å². The lowest BCUT2D eigenvalue weighted by Crippen LogP contribution is -2.44. The second-order valence-corrected chi connectivity index (χ2v) is 6.51. The molecule has 1 heterocycles. The topological polar surface area (TPSA) is 38.5 Å². The Morgan fingerprint density at radius 3 is 2.62 bits per heavy atom. The zero-order chi connectivity index (χ0) is 15.2. The molecule has 21 heavy (non-hydrogen) atoms. The smallest absolute Gasteiger partial charge is 0.119 e. The predicted octanol–water partition coefficient (Wildman–Crippen LogP) is 3.60. The number of hydrogen-bond acceptors (Lipinski definition) is 3. The monoisotopic (exact) mass is 290 g/mol. The Labute approximate surface area is 129 Å². The zero-order valence-electron chi connectivity index (χ0n) is 13.7. The van der Waals surface area contributed by atoms with Crippen molar-refractivity contribution < 1.29 is 4.74 Å². The SMILES string of the molecule is CCCOc1ccc(C(N)CN2CC(C)CCC2C)cc1. The Bertz CT molecular complexity index is 418. The van der Waals surface area contributed by atoms with Crippen molar-refractivity contribution >= 4 is 0 Å². The molecule has 1 saturated heterocycles. The second-order valence-electron chi connectivity index (χ2n) is 6.51. The van der Waals surface area contributed by atoms with Crippen LogP contribution >= 0.6 is 0 Å². The fraction of sp³-hybridized carbons (Fsp3) is 0.667. The molecule has 1 aliphatic rings. The summed E-state index contributed by atoms with van der Waals surface area (Å²) in [6.07, 6.45) is 3.67. The average molecular weight is 290 g/mol. The molecule has 0 aromatic heterocycles. The maximum absolute atomic E-state index is 6.40. The third-order valence-electron chi connectivity index (χ3n) is 4.46. The van der Waals surface area contributed by atoms with Gasteiger partial charge in [-0.05, 0) is 49.8 Å². The van der Waals surface area contributed by atoms with Gasteiger partial charge >= 0.3 is 0 Å². The van der Waals surface area contributed by atoms with E-state index in [1.165, 1.54) is 24.9 Å². The molecule has 3 nitrogen and oxygen atoms in total. The molecule has 1 aliphatic heterocycles. The largest absolute Gasteiger partial charge is 0.494 e. The van der Waals surface area contributed by atoms with E-state index in [2.05, 4.69) is 37.8 Å². The van der Waals surface area contributed by atoms with E-state index in [0.717, 1.165) is 31.2 Å². The number of hydrogen-bond donors (Lipinski definition) is 1. The van der Waals surface area contributed by atoms with E-state index in [1.807, 2.05) is 12.1 Å². The summed E-state index contributed by atoms with van der Waals surface area (Å²) in [4.78, 5) is 2.54. The molecule has 0 radical (unpaired) electrons. The van der Waals surface area contributed by atoms with Crippen molar-refractivity contribution in [3.63, 3.8) is 0 Å². The Morgan fingerprint density at radius 2 is 1.95 bits per heavy atom. The molecule has 1 aromatic rings. The Balaban J connectivity index is 1.91. The molecule has 3 heteroatoms. The molecule has 118 valence electrons. The third kappa shape index (κ3) is 4.72. The first-order valence-corrected chi connectivity index (χ1v) is 8.32. The summed E-state index contributed by atoms with van der Waals surface area (Å²) in [6, 6.07) is 9.01. The van der Waals surface area contributed by atoms with Crippen molar-refractivity contribution in [2.75, 3.05) is 19.7 Å². The van der Waals surface area contributed by atoms with Crippen molar-refractivity contribution in [2.24, 2.45) is 11.7 Å². The quantitative estimate of drug-likeness (QED) is 0.870. The molecular formula is C18H30N2O. The first-order chi connectivity index (χ1) is 10.1. The van der Waals surface area contributed by atoms with Gasteiger partial charge in [0.25, 0.3) is 0 Å².